The van der Waals surface area contributed by atoms with Gasteiger partial charge in [0.25, 0.3) is 0 Å². The lowest BCUT2D eigenvalue weighted by atomic mass is 9.93. The molecule has 3 N–H and O–H groups in total. The van der Waals surface area contributed by atoms with E-state index >= 15 is 0 Å². The maximum atomic E-state index is 11.8. The Bertz CT molecular complexity index is 238. The Morgan fingerprint density at radius 1 is 1.28 bits per heavy atom. The van der Waals surface area contributed by atoms with Crippen molar-refractivity contribution in [1.82, 2.24) is 10.6 Å². The Labute approximate surface area is 111 Å². The topological polar surface area (TPSA) is 61.4 Å². The van der Waals surface area contributed by atoms with Crippen LogP contribution in [0, 0.1) is 0 Å². The minimum absolute atomic E-state index is 0.0552. The first-order valence-electron chi connectivity index (χ1n) is 7.37. The van der Waals surface area contributed by atoms with Crippen LogP contribution in [0.15, 0.2) is 0 Å². The summed E-state index contributed by atoms with van der Waals surface area (Å²) >= 11 is 0. The van der Waals surface area contributed by atoms with Crippen molar-refractivity contribution in [3.8, 4) is 0 Å². The van der Waals surface area contributed by atoms with E-state index in [4.69, 9.17) is 0 Å². The van der Waals surface area contributed by atoms with Gasteiger partial charge in [-0.2, -0.15) is 0 Å². The molecular formula is C14H28N2O2. The summed E-state index contributed by atoms with van der Waals surface area (Å²) in [5.74, 6) is 0. The molecule has 0 bridgehead atoms. The minimum atomic E-state index is -0.168. The number of urea groups is 1. The summed E-state index contributed by atoms with van der Waals surface area (Å²) < 4.78 is 0. The fourth-order valence-corrected chi connectivity index (χ4v) is 2.44. The van der Waals surface area contributed by atoms with Gasteiger partial charge in [0.05, 0.1) is 6.10 Å². The van der Waals surface area contributed by atoms with Gasteiger partial charge in [0, 0.05) is 12.1 Å². The standard InChI is InChI=1S/C14H28N2O2/c1-3-4-5-6-11(2)15-14(18)16-12-7-9-13(17)10-8-12/h11-13,17H,3-10H2,1-2H3,(H2,15,16,18). The fraction of sp³-hybridized carbons (Fsp3) is 0.929. The van der Waals surface area contributed by atoms with E-state index in [2.05, 4.69) is 24.5 Å². The van der Waals surface area contributed by atoms with Gasteiger partial charge in [-0.15, -0.1) is 0 Å². The predicted molar refractivity (Wildman–Crippen MR) is 73.5 cm³/mol. The Morgan fingerprint density at radius 3 is 2.56 bits per heavy atom. The molecule has 0 heterocycles. The molecule has 4 nitrogen and oxygen atoms in total. The largest absolute Gasteiger partial charge is 0.393 e. The average molecular weight is 256 g/mol. The van der Waals surface area contributed by atoms with Crippen LogP contribution in [0.4, 0.5) is 4.79 Å². The monoisotopic (exact) mass is 256 g/mol. The maximum absolute atomic E-state index is 11.8. The maximum Gasteiger partial charge on any atom is 0.315 e. The van der Waals surface area contributed by atoms with Crippen LogP contribution in [0.25, 0.3) is 0 Å². The molecule has 4 heteroatoms. The van der Waals surface area contributed by atoms with E-state index in [0.717, 1.165) is 32.1 Å². The molecule has 1 aliphatic rings. The van der Waals surface area contributed by atoms with Crippen LogP contribution in [0.2, 0.25) is 0 Å². The molecule has 0 aromatic carbocycles. The zero-order chi connectivity index (χ0) is 13.4. The smallest absolute Gasteiger partial charge is 0.315 e. The van der Waals surface area contributed by atoms with Crippen LogP contribution in [0.1, 0.15) is 65.2 Å². The SMILES string of the molecule is CCCCCC(C)NC(=O)NC1CCC(O)CC1. The van der Waals surface area contributed by atoms with Gasteiger partial charge in [-0.1, -0.05) is 26.2 Å². The normalized spacial score (nSPS) is 25.5. The second-order valence-electron chi connectivity index (χ2n) is 5.52. The summed E-state index contributed by atoms with van der Waals surface area (Å²) in [7, 11) is 0. The highest BCUT2D eigenvalue weighted by Gasteiger charge is 2.20. The quantitative estimate of drug-likeness (QED) is 0.640. The number of aliphatic hydroxyl groups is 1. The van der Waals surface area contributed by atoms with Gasteiger partial charge in [-0.3, -0.25) is 0 Å². The number of aliphatic hydroxyl groups excluding tert-OH is 1. The number of carbonyl (C=O) groups excluding carboxylic acids is 1. The highest BCUT2D eigenvalue weighted by Crippen LogP contribution is 2.18. The molecule has 0 aromatic rings. The van der Waals surface area contributed by atoms with E-state index in [1.54, 1.807) is 0 Å². The summed E-state index contributed by atoms with van der Waals surface area (Å²) in [4.78, 5) is 11.8. The van der Waals surface area contributed by atoms with Gasteiger partial charge in [0.15, 0.2) is 0 Å². The second kappa shape index (κ2) is 8.35. The Hall–Kier alpha value is -0.770. The molecule has 0 aliphatic heterocycles. The number of nitrogens with one attached hydrogen (secondary N) is 2. The van der Waals surface area contributed by atoms with Crippen molar-refractivity contribution in [2.24, 2.45) is 0 Å². The number of carbonyl (C=O) groups is 1. The molecule has 18 heavy (non-hydrogen) atoms. The van der Waals surface area contributed by atoms with E-state index in [1.807, 2.05) is 0 Å². The minimum Gasteiger partial charge on any atom is -0.393 e. The summed E-state index contributed by atoms with van der Waals surface area (Å²) in [6.45, 7) is 4.24. The summed E-state index contributed by atoms with van der Waals surface area (Å²) in [6, 6.07) is 0.419. The molecule has 1 fully saturated rings. The molecule has 1 atom stereocenters. The molecule has 2 amide bonds. The molecule has 1 saturated carbocycles. The lowest BCUT2D eigenvalue weighted by Crippen LogP contribution is -2.46. The number of unbranched alkanes of at least 4 members (excludes halogenated alkanes) is 2. The van der Waals surface area contributed by atoms with Crippen molar-refractivity contribution in [3.05, 3.63) is 0 Å². The third-order valence-corrected chi connectivity index (χ3v) is 3.65. The molecule has 1 unspecified atom stereocenters. The van der Waals surface area contributed by atoms with Crippen molar-refractivity contribution in [1.29, 1.82) is 0 Å². The Balaban J connectivity index is 2.12. The van der Waals surface area contributed by atoms with Gasteiger partial charge >= 0.3 is 6.03 Å². The molecule has 0 spiro atoms. The predicted octanol–water partition coefficient (Wildman–Crippen LogP) is 2.56. The lowest BCUT2D eigenvalue weighted by Gasteiger charge is -2.27. The van der Waals surface area contributed by atoms with Gasteiger partial charge in [-0.25, -0.2) is 4.79 Å². The summed E-state index contributed by atoms with van der Waals surface area (Å²) in [5, 5.41) is 15.4. The van der Waals surface area contributed by atoms with E-state index in [-0.39, 0.29) is 24.2 Å². The zero-order valence-electron chi connectivity index (χ0n) is 11.7. The summed E-state index contributed by atoms with van der Waals surface area (Å²) in [5.41, 5.74) is 0. The first-order valence-corrected chi connectivity index (χ1v) is 7.37. The van der Waals surface area contributed by atoms with Crippen molar-refractivity contribution >= 4 is 6.03 Å². The molecule has 0 aromatic heterocycles. The highest BCUT2D eigenvalue weighted by molar-refractivity contribution is 5.74. The lowest BCUT2D eigenvalue weighted by molar-refractivity contribution is 0.117. The van der Waals surface area contributed by atoms with Crippen molar-refractivity contribution in [2.45, 2.75) is 83.4 Å². The van der Waals surface area contributed by atoms with Crippen LogP contribution in [-0.2, 0) is 0 Å². The first-order chi connectivity index (χ1) is 8.61. The Morgan fingerprint density at radius 2 is 1.94 bits per heavy atom. The van der Waals surface area contributed by atoms with Crippen LogP contribution in [-0.4, -0.2) is 29.3 Å². The molecule has 0 saturated heterocycles. The Kier molecular flexibility index (Phi) is 7.09. The van der Waals surface area contributed by atoms with Crippen molar-refractivity contribution in [2.75, 3.05) is 0 Å². The zero-order valence-corrected chi connectivity index (χ0v) is 11.7. The average Bonchev–Trinajstić information content (AvgIpc) is 2.32. The van der Waals surface area contributed by atoms with Gasteiger partial charge in [-0.05, 0) is 39.0 Å². The third kappa shape index (κ3) is 6.24. The van der Waals surface area contributed by atoms with Crippen LogP contribution in [0.5, 0.6) is 0 Å². The molecule has 0 radical (unpaired) electrons. The van der Waals surface area contributed by atoms with E-state index < -0.39 is 0 Å². The fourth-order valence-electron chi connectivity index (χ4n) is 2.44. The van der Waals surface area contributed by atoms with E-state index in [1.165, 1.54) is 19.3 Å². The molecule has 1 aliphatic carbocycles. The van der Waals surface area contributed by atoms with Crippen molar-refractivity contribution in [3.63, 3.8) is 0 Å². The molecule has 106 valence electrons. The highest BCUT2D eigenvalue weighted by atomic mass is 16.3. The molecule has 1 rings (SSSR count). The van der Waals surface area contributed by atoms with Gasteiger partial charge in [0.1, 0.15) is 0 Å². The van der Waals surface area contributed by atoms with E-state index in [9.17, 15) is 9.90 Å². The van der Waals surface area contributed by atoms with Crippen LogP contribution in [0.3, 0.4) is 0 Å². The van der Waals surface area contributed by atoms with Crippen LogP contribution >= 0.6 is 0 Å². The van der Waals surface area contributed by atoms with Gasteiger partial charge < -0.3 is 15.7 Å². The summed E-state index contributed by atoms with van der Waals surface area (Å²) in [6.07, 6.45) is 7.88. The third-order valence-electron chi connectivity index (χ3n) is 3.65. The number of hydrogen-bond donors (Lipinski definition) is 3. The van der Waals surface area contributed by atoms with Gasteiger partial charge in [0.2, 0.25) is 0 Å². The van der Waals surface area contributed by atoms with Crippen molar-refractivity contribution < 1.29 is 9.90 Å². The number of rotatable bonds is 6. The van der Waals surface area contributed by atoms with E-state index in [0.29, 0.717) is 0 Å². The first kappa shape index (κ1) is 15.3. The number of amides is 2. The van der Waals surface area contributed by atoms with Crippen LogP contribution < -0.4 is 10.6 Å². The second-order valence-corrected chi connectivity index (χ2v) is 5.52. The number of hydrogen-bond acceptors (Lipinski definition) is 2. The molecular weight excluding hydrogens is 228 g/mol.